The second-order valence-electron chi connectivity index (χ2n) is 4.84. The molecule has 1 atom stereocenters. The van der Waals surface area contributed by atoms with Crippen molar-refractivity contribution < 1.29 is 5.11 Å². The maximum Gasteiger partial charge on any atom is 0.147 e. The van der Waals surface area contributed by atoms with Gasteiger partial charge in [0, 0.05) is 11.9 Å². The zero-order valence-corrected chi connectivity index (χ0v) is 10.6. The van der Waals surface area contributed by atoms with Gasteiger partial charge in [0.15, 0.2) is 0 Å². The third kappa shape index (κ3) is 2.02. The summed E-state index contributed by atoms with van der Waals surface area (Å²) in [7, 11) is 0. The molecule has 1 aliphatic rings. The smallest absolute Gasteiger partial charge is 0.147 e. The molecule has 0 saturated carbocycles. The molecule has 1 saturated heterocycles. The molecule has 4 nitrogen and oxygen atoms in total. The Morgan fingerprint density at radius 2 is 2.26 bits per heavy atom. The highest BCUT2D eigenvalue weighted by molar-refractivity contribution is 5.83. The third-order valence-corrected chi connectivity index (χ3v) is 3.68. The van der Waals surface area contributed by atoms with Crippen LogP contribution in [0.25, 0.3) is 10.9 Å². The van der Waals surface area contributed by atoms with Crippen molar-refractivity contribution in [2.45, 2.75) is 18.9 Å². The SMILES string of the molecule is N#Cc1cc2ccccc2nc1N1CCCC1CO. The van der Waals surface area contributed by atoms with E-state index >= 15 is 0 Å². The second kappa shape index (κ2) is 4.87. The largest absolute Gasteiger partial charge is 0.394 e. The monoisotopic (exact) mass is 253 g/mol. The summed E-state index contributed by atoms with van der Waals surface area (Å²) in [6, 6.07) is 12.0. The predicted molar refractivity (Wildman–Crippen MR) is 73.9 cm³/mol. The number of fused-ring (bicyclic) bond motifs is 1. The highest BCUT2D eigenvalue weighted by Gasteiger charge is 2.27. The molecule has 1 fully saturated rings. The van der Waals surface area contributed by atoms with Gasteiger partial charge in [0.2, 0.25) is 0 Å². The Labute approximate surface area is 111 Å². The molecule has 1 unspecified atom stereocenters. The highest BCUT2D eigenvalue weighted by atomic mass is 16.3. The predicted octanol–water partition coefficient (Wildman–Crippen LogP) is 2.07. The lowest BCUT2D eigenvalue weighted by Gasteiger charge is -2.25. The molecule has 2 heterocycles. The standard InChI is InChI=1S/C15H15N3O/c16-9-12-8-11-4-1-2-6-14(11)17-15(12)18-7-3-5-13(18)10-19/h1-2,4,6,8,13,19H,3,5,7,10H2. The van der Waals surface area contributed by atoms with Gasteiger partial charge in [-0.2, -0.15) is 5.26 Å². The van der Waals surface area contributed by atoms with Crippen LogP contribution in [0.5, 0.6) is 0 Å². The molecule has 0 amide bonds. The average Bonchev–Trinajstić information content (AvgIpc) is 2.94. The molecular formula is C15H15N3O. The van der Waals surface area contributed by atoms with Gasteiger partial charge >= 0.3 is 0 Å². The first-order chi connectivity index (χ1) is 9.33. The van der Waals surface area contributed by atoms with Crippen LogP contribution in [0.3, 0.4) is 0 Å². The third-order valence-electron chi connectivity index (χ3n) is 3.68. The Kier molecular flexibility index (Phi) is 3.06. The van der Waals surface area contributed by atoms with Crippen molar-refractivity contribution in [3.63, 3.8) is 0 Å². The molecule has 0 aliphatic carbocycles. The van der Waals surface area contributed by atoms with E-state index in [2.05, 4.69) is 16.0 Å². The van der Waals surface area contributed by atoms with Gasteiger partial charge in [-0.15, -0.1) is 0 Å². The van der Waals surface area contributed by atoms with Gasteiger partial charge in [-0.1, -0.05) is 18.2 Å². The number of hydrogen-bond acceptors (Lipinski definition) is 4. The maximum absolute atomic E-state index is 9.42. The van der Waals surface area contributed by atoms with E-state index in [9.17, 15) is 10.4 Å². The number of para-hydroxylation sites is 1. The number of rotatable bonds is 2. The Hall–Kier alpha value is -2.12. The van der Waals surface area contributed by atoms with Crippen LogP contribution >= 0.6 is 0 Å². The Balaban J connectivity index is 2.14. The summed E-state index contributed by atoms with van der Waals surface area (Å²) in [6.07, 6.45) is 1.99. The fourth-order valence-corrected chi connectivity index (χ4v) is 2.71. The van der Waals surface area contributed by atoms with E-state index < -0.39 is 0 Å². The molecule has 1 aliphatic heterocycles. The number of aliphatic hydroxyl groups is 1. The minimum atomic E-state index is 0.0840. The summed E-state index contributed by atoms with van der Waals surface area (Å²) in [6.45, 7) is 0.963. The van der Waals surface area contributed by atoms with Crippen LogP contribution in [-0.4, -0.2) is 29.3 Å². The minimum Gasteiger partial charge on any atom is -0.394 e. The van der Waals surface area contributed by atoms with Crippen molar-refractivity contribution in [1.29, 1.82) is 5.26 Å². The van der Waals surface area contributed by atoms with Crippen LogP contribution in [0.2, 0.25) is 0 Å². The zero-order chi connectivity index (χ0) is 13.2. The van der Waals surface area contributed by atoms with Gasteiger partial charge < -0.3 is 10.0 Å². The molecule has 96 valence electrons. The van der Waals surface area contributed by atoms with Gasteiger partial charge in [-0.3, -0.25) is 0 Å². The van der Waals surface area contributed by atoms with Gasteiger partial charge in [-0.25, -0.2) is 4.98 Å². The topological polar surface area (TPSA) is 60.2 Å². The summed E-state index contributed by atoms with van der Waals surface area (Å²) in [5.74, 6) is 0.706. The molecule has 1 aromatic heterocycles. The van der Waals surface area contributed by atoms with Gasteiger partial charge in [0.1, 0.15) is 11.9 Å². The Bertz CT molecular complexity index is 647. The molecule has 1 aromatic carbocycles. The van der Waals surface area contributed by atoms with Gasteiger partial charge in [-0.05, 0) is 25.0 Å². The molecule has 1 N–H and O–H groups in total. The molecule has 0 radical (unpaired) electrons. The van der Waals surface area contributed by atoms with Crippen LogP contribution in [0, 0.1) is 11.3 Å². The summed E-state index contributed by atoms with van der Waals surface area (Å²) in [4.78, 5) is 6.68. The fourth-order valence-electron chi connectivity index (χ4n) is 2.71. The maximum atomic E-state index is 9.42. The van der Waals surface area contributed by atoms with E-state index in [-0.39, 0.29) is 12.6 Å². The molecular weight excluding hydrogens is 238 g/mol. The van der Waals surface area contributed by atoms with Crippen molar-refractivity contribution >= 4 is 16.7 Å². The average molecular weight is 253 g/mol. The number of aromatic nitrogens is 1. The van der Waals surface area contributed by atoms with Crippen LogP contribution in [0.1, 0.15) is 18.4 Å². The minimum absolute atomic E-state index is 0.0840. The quantitative estimate of drug-likeness (QED) is 0.890. The normalized spacial score (nSPS) is 18.7. The molecule has 0 spiro atoms. The number of aliphatic hydroxyl groups excluding tert-OH is 1. The number of nitrogens with zero attached hydrogens (tertiary/aromatic N) is 3. The molecule has 3 rings (SSSR count). The molecule has 2 aromatic rings. The van der Waals surface area contributed by atoms with E-state index in [4.69, 9.17) is 0 Å². The van der Waals surface area contributed by atoms with Crippen LogP contribution < -0.4 is 4.90 Å². The number of hydrogen-bond donors (Lipinski definition) is 1. The van der Waals surface area contributed by atoms with Gasteiger partial charge in [0.25, 0.3) is 0 Å². The Morgan fingerprint density at radius 3 is 3.05 bits per heavy atom. The zero-order valence-electron chi connectivity index (χ0n) is 10.6. The second-order valence-corrected chi connectivity index (χ2v) is 4.84. The summed E-state index contributed by atoms with van der Waals surface area (Å²) < 4.78 is 0. The van der Waals surface area contributed by atoms with Crippen molar-refractivity contribution in [1.82, 2.24) is 4.98 Å². The van der Waals surface area contributed by atoms with Gasteiger partial charge in [0.05, 0.1) is 23.7 Å². The van der Waals surface area contributed by atoms with E-state index in [0.717, 1.165) is 30.3 Å². The molecule has 4 heteroatoms. The van der Waals surface area contributed by atoms with Crippen LogP contribution in [-0.2, 0) is 0 Å². The molecule has 19 heavy (non-hydrogen) atoms. The summed E-state index contributed by atoms with van der Waals surface area (Å²) in [5.41, 5.74) is 1.47. The fraction of sp³-hybridized carbons (Fsp3) is 0.333. The molecule has 0 bridgehead atoms. The van der Waals surface area contributed by atoms with E-state index in [1.54, 1.807) is 0 Å². The van der Waals surface area contributed by atoms with E-state index in [1.165, 1.54) is 0 Å². The number of benzene rings is 1. The van der Waals surface area contributed by atoms with Crippen molar-refractivity contribution in [2.75, 3.05) is 18.1 Å². The van der Waals surface area contributed by atoms with E-state index in [1.807, 2.05) is 30.3 Å². The Morgan fingerprint density at radius 1 is 1.42 bits per heavy atom. The van der Waals surface area contributed by atoms with Crippen molar-refractivity contribution in [2.24, 2.45) is 0 Å². The number of nitriles is 1. The highest BCUT2D eigenvalue weighted by Crippen LogP contribution is 2.29. The summed E-state index contributed by atoms with van der Waals surface area (Å²) in [5, 5.41) is 19.7. The van der Waals surface area contributed by atoms with Crippen LogP contribution in [0.4, 0.5) is 5.82 Å². The number of anilines is 1. The first-order valence-corrected chi connectivity index (χ1v) is 6.51. The first kappa shape index (κ1) is 11.9. The van der Waals surface area contributed by atoms with Crippen LogP contribution in [0.15, 0.2) is 30.3 Å². The van der Waals surface area contributed by atoms with Crippen molar-refractivity contribution in [3.05, 3.63) is 35.9 Å². The van der Waals surface area contributed by atoms with Crippen molar-refractivity contribution in [3.8, 4) is 6.07 Å². The lowest BCUT2D eigenvalue weighted by atomic mass is 10.1. The first-order valence-electron chi connectivity index (χ1n) is 6.51. The lowest BCUT2D eigenvalue weighted by Crippen LogP contribution is -2.33. The number of pyridine rings is 1. The lowest BCUT2D eigenvalue weighted by molar-refractivity contribution is 0.266. The van der Waals surface area contributed by atoms with E-state index in [0.29, 0.717) is 11.4 Å². The summed E-state index contributed by atoms with van der Waals surface area (Å²) >= 11 is 0.